The van der Waals surface area contributed by atoms with Crippen molar-refractivity contribution in [3.8, 4) is 0 Å². The number of aromatic amines is 1. The van der Waals surface area contributed by atoms with Gasteiger partial charge < -0.3 is 10.3 Å². The molecule has 1 saturated carbocycles. The van der Waals surface area contributed by atoms with Gasteiger partial charge in [-0.25, -0.2) is 4.39 Å². The molecule has 0 unspecified atom stereocenters. The van der Waals surface area contributed by atoms with Crippen molar-refractivity contribution < 1.29 is 4.39 Å². The molecule has 1 aliphatic carbocycles. The Morgan fingerprint density at radius 2 is 1.93 bits per heavy atom. The number of hydrogen-bond donors (Lipinski definition) is 2. The van der Waals surface area contributed by atoms with Gasteiger partial charge in [0.15, 0.2) is 0 Å². The lowest BCUT2D eigenvalue weighted by Crippen LogP contribution is -2.22. The van der Waals surface area contributed by atoms with Gasteiger partial charge in [0.1, 0.15) is 5.82 Å². The van der Waals surface area contributed by atoms with E-state index in [2.05, 4.69) is 37.7 Å². The zero-order chi connectivity index (χ0) is 18.2. The van der Waals surface area contributed by atoms with Gasteiger partial charge in [0.2, 0.25) is 0 Å². The molecule has 5 rings (SSSR count). The summed E-state index contributed by atoms with van der Waals surface area (Å²) >= 11 is 0. The zero-order valence-corrected chi connectivity index (χ0v) is 15.1. The van der Waals surface area contributed by atoms with E-state index in [0.29, 0.717) is 18.4 Å². The molecule has 2 aliphatic heterocycles. The van der Waals surface area contributed by atoms with E-state index in [1.165, 1.54) is 34.4 Å². The number of allylic oxidation sites excluding steroid dienone is 1. The lowest BCUT2D eigenvalue weighted by Gasteiger charge is -2.29. The van der Waals surface area contributed by atoms with E-state index < -0.39 is 0 Å². The smallest absolute Gasteiger partial charge is 0.141 e. The molecule has 0 saturated heterocycles. The largest absolute Gasteiger partial charge is 0.380 e. The molecule has 0 bridgehead atoms. The highest BCUT2D eigenvalue weighted by Gasteiger charge is 2.27. The van der Waals surface area contributed by atoms with Gasteiger partial charge >= 0.3 is 0 Å². The summed E-state index contributed by atoms with van der Waals surface area (Å²) in [6.07, 6.45) is 12.0. The Morgan fingerprint density at radius 1 is 1.07 bits per heavy atom. The number of aromatic nitrogens is 2. The first-order valence-corrected chi connectivity index (χ1v) is 9.63. The fourth-order valence-electron chi connectivity index (χ4n) is 4.55. The van der Waals surface area contributed by atoms with Gasteiger partial charge in [0.05, 0.1) is 35.3 Å². The molecule has 6 heteroatoms. The molecule has 0 atom stereocenters. The maximum atomic E-state index is 13.1. The Hall–Kier alpha value is -2.76. The summed E-state index contributed by atoms with van der Waals surface area (Å²) < 4.78 is 13.1. The van der Waals surface area contributed by atoms with Crippen LogP contribution < -0.4 is 16.0 Å². The van der Waals surface area contributed by atoms with Crippen molar-refractivity contribution in [2.75, 3.05) is 11.9 Å². The molecular formula is C21H22FN5. The minimum Gasteiger partial charge on any atom is -0.380 e. The lowest BCUT2D eigenvalue weighted by molar-refractivity contribution is 0.378. The predicted octanol–water partition coefficient (Wildman–Crippen LogP) is 3.36. The van der Waals surface area contributed by atoms with Crippen LogP contribution in [0, 0.1) is 11.7 Å². The molecule has 1 fully saturated rings. The molecule has 2 aromatic heterocycles. The number of rotatable bonds is 2. The number of fused-ring (bicyclic) bond motifs is 3. The highest BCUT2D eigenvalue weighted by Crippen LogP contribution is 2.39. The number of nitrogens with one attached hydrogen (secondary N) is 2. The summed E-state index contributed by atoms with van der Waals surface area (Å²) in [6, 6.07) is 3.36. The summed E-state index contributed by atoms with van der Waals surface area (Å²) in [4.78, 5) is 7.87. The van der Waals surface area contributed by atoms with Crippen molar-refractivity contribution in [1.82, 2.24) is 9.97 Å². The van der Waals surface area contributed by atoms with E-state index in [4.69, 9.17) is 0 Å². The second-order valence-electron chi connectivity index (χ2n) is 7.50. The molecule has 2 N–H and O–H groups in total. The van der Waals surface area contributed by atoms with E-state index in [1.807, 2.05) is 12.3 Å². The first-order chi connectivity index (χ1) is 13.3. The van der Waals surface area contributed by atoms with Crippen molar-refractivity contribution in [2.45, 2.75) is 38.1 Å². The van der Waals surface area contributed by atoms with E-state index in [0.717, 1.165) is 43.3 Å². The summed E-state index contributed by atoms with van der Waals surface area (Å²) in [6.45, 7) is 1.45. The Labute approximate surface area is 156 Å². The molecule has 4 heterocycles. The van der Waals surface area contributed by atoms with Gasteiger partial charge in [-0.3, -0.25) is 4.98 Å². The molecule has 0 spiro atoms. The van der Waals surface area contributed by atoms with Crippen molar-refractivity contribution in [3.63, 3.8) is 0 Å². The second kappa shape index (κ2) is 6.76. The third-order valence-corrected chi connectivity index (χ3v) is 5.95. The van der Waals surface area contributed by atoms with Gasteiger partial charge in [-0.2, -0.15) is 10.2 Å². The summed E-state index contributed by atoms with van der Waals surface area (Å²) in [7, 11) is 0. The van der Waals surface area contributed by atoms with Crippen LogP contribution in [0.15, 0.2) is 40.7 Å². The Balaban J connectivity index is 1.45. The standard InChI is InChI=1S/C21H22FN5/c22-15-7-8-18(24-10-15)14-5-3-13(4-6-14)16-2-1-9-23-20-17-11-25-26-12-19(17)27-21(16)20/h1-2,7-8,10,12-14,23,27H,3-6,9,11H2. The lowest BCUT2D eigenvalue weighted by atomic mass is 9.77. The van der Waals surface area contributed by atoms with Crippen LogP contribution >= 0.6 is 0 Å². The number of halogens is 1. The van der Waals surface area contributed by atoms with Crippen LogP contribution in [0.1, 0.15) is 42.9 Å². The van der Waals surface area contributed by atoms with Crippen LogP contribution in [-0.4, -0.2) is 16.5 Å². The van der Waals surface area contributed by atoms with Crippen LogP contribution in [0.3, 0.4) is 0 Å². The molecule has 2 aromatic rings. The maximum Gasteiger partial charge on any atom is 0.141 e. The third-order valence-electron chi connectivity index (χ3n) is 5.95. The van der Waals surface area contributed by atoms with Crippen molar-refractivity contribution in [1.29, 1.82) is 0 Å². The molecular weight excluding hydrogens is 341 g/mol. The highest BCUT2D eigenvalue weighted by molar-refractivity contribution is 5.68. The molecule has 3 aliphatic rings. The molecule has 0 amide bonds. The second-order valence-corrected chi connectivity index (χ2v) is 7.50. The molecule has 0 radical (unpaired) electrons. The first kappa shape index (κ1) is 16.4. The zero-order valence-electron chi connectivity index (χ0n) is 15.1. The van der Waals surface area contributed by atoms with Gasteiger partial charge in [-0.1, -0.05) is 12.2 Å². The van der Waals surface area contributed by atoms with Crippen molar-refractivity contribution >= 4 is 17.5 Å². The average molecular weight is 363 g/mol. The number of nitrogens with zero attached hydrogens (tertiary/aromatic N) is 3. The van der Waals surface area contributed by atoms with E-state index in [1.54, 1.807) is 0 Å². The van der Waals surface area contributed by atoms with Crippen molar-refractivity contribution in [3.05, 3.63) is 58.3 Å². The maximum absolute atomic E-state index is 13.1. The van der Waals surface area contributed by atoms with Gasteiger partial charge in [-0.05, 0) is 49.3 Å². The van der Waals surface area contributed by atoms with Crippen LogP contribution in [0.2, 0.25) is 0 Å². The third kappa shape index (κ3) is 2.99. The Morgan fingerprint density at radius 3 is 2.74 bits per heavy atom. The quantitative estimate of drug-likeness (QED) is 0.859. The summed E-state index contributed by atoms with van der Waals surface area (Å²) in [5, 5.41) is 14.0. The van der Waals surface area contributed by atoms with Crippen LogP contribution in [0.4, 0.5) is 10.1 Å². The topological polar surface area (TPSA) is 65.4 Å². The van der Waals surface area contributed by atoms with Crippen LogP contribution in [-0.2, 0) is 6.54 Å². The van der Waals surface area contributed by atoms with E-state index in [-0.39, 0.29) is 5.82 Å². The summed E-state index contributed by atoms with van der Waals surface area (Å²) in [5.74, 6) is 0.681. The Kier molecular flexibility index (Phi) is 4.11. The fourth-order valence-corrected chi connectivity index (χ4v) is 4.55. The molecule has 27 heavy (non-hydrogen) atoms. The summed E-state index contributed by atoms with van der Waals surface area (Å²) in [5.41, 5.74) is 4.79. The van der Waals surface area contributed by atoms with Gasteiger partial charge in [-0.15, -0.1) is 0 Å². The number of azo groups is 1. The number of anilines is 1. The van der Waals surface area contributed by atoms with Crippen molar-refractivity contribution in [2.24, 2.45) is 16.1 Å². The van der Waals surface area contributed by atoms with Gasteiger partial charge in [0.25, 0.3) is 0 Å². The average Bonchev–Trinajstić information content (AvgIpc) is 2.94. The minimum atomic E-state index is -0.266. The molecule has 0 aromatic carbocycles. The minimum absolute atomic E-state index is 0.266. The van der Waals surface area contributed by atoms with E-state index >= 15 is 0 Å². The van der Waals surface area contributed by atoms with Gasteiger partial charge in [0, 0.05) is 23.7 Å². The van der Waals surface area contributed by atoms with Crippen LogP contribution in [0.5, 0.6) is 0 Å². The predicted molar refractivity (Wildman–Crippen MR) is 103 cm³/mol. The Bertz CT molecular complexity index is 1020. The molecule has 5 nitrogen and oxygen atoms in total. The number of H-pyrrole nitrogens is 1. The SMILES string of the molecule is Fc1ccc(C2CCC(C3=c4[nH]c5c(c4NCC=C3)CN=NC=5)CC2)nc1. The highest BCUT2D eigenvalue weighted by atomic mass is 19.1. The normalized spacial score (nSPS) is 23.8. The fraction of sp³-hybridized carbons (Fsp3) is 0.381. The van der Waals surface area contributed by atoms with Crippen LogP contribution in [0.25, 0.3) is 11.8 Å². The number of pyridine rings is 1. The first-order valence-electron chi connectivity index (χ1n) is 9.63. The molecule has 138 valence electrons. The monoisotopic (exact) mass is 363 g/mol. The van der Waals surface area contributed by atoms with E-state index in [9.17, 15) is 4.39 Å². The number of hydrogen-bond acceptors (Lipinski definition) is 4.